The van der Waals surface area contributed by atoms with Crippen molar-refractivity contribution < 1.29 is 29.3 Å². The molecule has 6 heteroatoms. The molecule has 0 amide bonds. The third-order valence-electron chi connectivity index (χ3n) is 8.05. The second-order valence-corrected chi connectivity index (χ2v) is 12.9. The summed E-state index contributed by atoms with van der Waals surface area (Å²) in [7, 11) is 0. The van der Waals surface area contributed by atoms with E-state index in [1.54, 1.807) is 6.08 Å². The van der Waals surface area contributed by atoms with E-state index in [9.17, 15) is 19.8 Å². The molecule has 0 aliphatic rings. The summed E-state index contributed by atoms with van der Waals surface area (Å²) < 4.78 is 10.3. The summed E-state index contributed by atoms with van der Waals surface area (Å²) in [6, 6.07) is 0. The Morgan fingerprint density at radius 2 is 1.00 bits per heavy atom. The molecule has 0 bridgehead atoms. The van der Waals surface area contributed by atoms with E-state index in [2.05, 4.69) is 44.2 Å². The van der Waals surface area contributed by atoms with Gasteiger partial charge in [-0.15, -0.1) is 0 Å². The highest BCUT2D eigenvalue weighted by molar-refractivity contribution is 5.70. The largest absolute Gasteiger partial charge is 0.463 e. The molecule has 280 valence electrons. The summed E-state index contributed by atoms with van der Waals surface area (Å²) in [5, 5.41) is 19.9. The molecule has 0 aromatic rings. The minimum absolute atomic E-state index is 0.153. The standard InChI is InChI=1S/C43H72O6/c1-3-5-7-9-11-12-13-14-15-16-17-21-24-28-32-36-42(46)48-38-41(45)39-49-43(47)37-33-29-25-22-19-18-20-23-27-31-35-40(44)34-30-26-10-8-6-4-2/h6,8,18-19,23,25-27,29-31,35,40-41,44-45H,3-5,7,9-17,20-22,24,28,32-34,36-39H2,1-2H3/b8-6-,19-18-,27-23-,29-25-,30-26-,35-31+/t40?,41-/m0/s1. The van der Waals surface area contributed by atoms with E-state index in [-0.39, 0.29) is 31.6 Å². The number of rotatable bonds is 34. The van der Waals surface area contributed by atoms with Crippen molar-refractivity contribution >= 4 is 11.9 Å². The number of carbonyl (C=O) groups excluding carboxylic acids is 2. The minimum atomic E-state index is -1.01. The van der Waals surface area contributed by atoms with Crippen LogP contribution in [0.2, 0.25) is 0 Å². The smallest absolute Gasteiger partial charge is 0.306 e. The molecule has 6 nitrogen and oxygen atoms in total. The number of hydrogen-bond donors (Lipinski definition) is 2. The van der Waals surface area contributed by atoms with Crippen molar-refractivity contribution in [1.82, 2.24) is 0 Å². The third kappa shape index (κ3) is 38.0. The number of unbranched alkanes of at least 4 members (excludes halogenated alkanes) is 14. The van der Waals surface area contributed by atoms with Crippen LogP contribution >= 0.6 is 0 Å². The average molecular weight is 685 g/mol. The number of hydrogen-bond acceptors (Lipinski definition) is 6. The Morgan fingerprint density at radius 3 is 1.57 bits per heavy atom. The van der Waals surface area contributed by atoms with Crippen LogP contribution in [0.25, 0.3) is 0 Å². The molecule has 0 saturated heterocycles. The number of carbonyl (C=O) groups is 2. The lowest BCUT2D eigenvalue weighted by molar-refractivity contribution is -0.152. The number of aliphatic hydroxyl groups is 2. The predicted octanol–water partition coefficient (Wildman–Crippen LogP) is 11.1. The molecule has 1 unspecified atom stereocenters. The van der Waals surface area contributed by atoms with Gasteiger partial charge in [-0.25, -0.2) is 0 Å². The molecule has 0 heterocycles. The lowest BCUT2D eigenvalue weighted by Gasteiger charge is -2.12. The zero-order valence-corrected chi connectivity index (χ0v) is 31.3. The summed E-state index contributed by atoms with van der Waals surface area (Å²) in [4.78, 5) is 23.9. The molecule has 0 aromatic carbocycles. The Bertz CT molecular complexity index is 929. The van der Waals surface area contributed by atoms with Crippen LogP contribution < -0.4 is 0 Å². The van der Waals surface area contributed by atoms with Crippen LogP contribution in [0.3, 0.4) is 0 Å². The first-order valence-corrected chi connectivity index (χ1v) is 19.6. The minimum Gasteiger partial charge on any atom is -0.463 e. The first kappa shape index (κ1) is 46.3. The molecular formula is C43H72O6. The predicted molar refractivity (Wildman–Crippen MR) is 206 cm³/mol. The normalized spacial score (nSPS) is 13.6. The summed E-state index contributed by atoms with van der Waals surface area (Å²) in [6.45, 7) is 4.05. The van der Waals surface area contributed by atoms with Crippen LogP contribution in [0.1, 0.15) is 162 Å². The number of esters is 2. The summed E-state index contributed by atoms with van der Waals surface area (Å²) in [5.74, 6) is -0.691. The Kier molecular flexibility index (Phi) is 36.0. The molecule has 0 fully saturated rings. The van der Waals surface area contributed by atoms with Gasteiger partial charge in [-0.1, -0.05) is 177 Å². The fraction of sp³-hybridized carbons (Fsp3) is 0.674. The molecule has 0 rings (SSSR count). The van der Waals surface area contributed by atoms with E-state index in [4.69, 9.17) is 9.47 Å². The van der Waals surface area contributed by atoms with Crippen molar-refractivity contribution in [2.75, 3.05) is 13.2 Å². The highest BCUT2D eigenvalue weighted by Gasteiger charge is 2.11. The van der Waals surface area contributed by atoms with E-state index < -0.39 is 12.2 Å². The molecule has 0 saturated carbocycles. The third-order valence-corrected chi connectivity index (χ3v) is 8.05. The zero-order chi connectivity index (χ0) is 35.9. The maximum absolute atomic E-state index is 12.0. The molecular weight excluding hydrogens is 612 g/mol. The van der Waals surface area contributed by atoms with Gasteiger partial charge >= 0.3 is 11.9 Å². The first-order valence-electron chi connectivity index (χ1n) is 19.6. The van der Waals surface area contributed by atoms with Gasteiger partial charge in [0.05, 0.1) is 6.10 Å². The molecule has 0 aliphatic heterocycles. The van der Waals surface area contributed by atoms with Crippen LogP contribution in [-0.4, -0.2) is 47.6 Å². The fourth-order valence-corrected chi connectivity index (χ4v) is 5.08. The van der Waals surface area contributed by atoms with Gasteiger partial charge in [0.1, 0.15) is 19.3 Å². The molecule has 0 spiro atoms. The van der Waals surface area contributed by atoms with E-state index in [0.29, 0.717) is 19.3 Å². The van der Waals surface area contributed by atoms with Crippen molar-refractivity contribution in [1.29, 1.82) is 0 Å². The quantitative estimate of drug-likeness (QED) is 0.0303. The van der Waals surface area contributed by atoms with Gasteiger partial charge in [-0.2, -0.15) is 0 Å². The van der Waals surface area contributed by atoms with Crippen LogP contribution in [0.15, 0.2) is 72.9 Å². The number of allylic oxidation sites excluding steroid dienone is 10. The van der Waals surface area contributed by atoms with E-state index in [0.717, 1.165) is 44.9 Å². The second kappa shape index (κ2) is 38.1. The fourth-order valence-electron chi connectivity index (χ4n) is 5.08. The van der Waals surface area contributed by atoms with Gasteiger partial charge < -0.3 is 19.7 Å². The van der Waals surface area contributed by atoms with Crippen molar-refractivity contribution in [2.24, 2.45) is 0 Å². The monoisotopic (exact) mass is 685 g/mol. The topological polar surface area (TPSA) is 93.1 Å². The lowest BCUT2D eigenvalue weighted by atomic mass is 10.0. The van der Waals surface area contributed by atoms with Gasteiger partial charge in [-0.3, -0.25) is 9.59 Å². The van der Waals surface area contributed by atoms with Gasteiger partial charge in [0.25, 0.3) is 0 Å². The van der Waals surface area contributed by atoms with Crippen molar-refractivity contribution in [3.8, 4) is 0 Å². The van der Waals surface area contributed by atoms with Crippen LogP contribution in [-0.2, 0) is 19.1 Å². The SMILES string of the molecule is CC/C=C\C/C=C\CC(O)/C=C/C=C\C/C=C\C/C=C\CCC(=O)OC[C@@H](O)COC(=O)CCCCCCCCCCCCCCCCC. The van der Waals surface area contributed by atoms with Crippen molar-refractivity contribution in [2.45, 2.75) is 174 Å². The number of aliphatic hydroxyl groups excluding tert-OH is 2. The zero-order valence-electron chi connectivity index (χ0n) is 31.3. The summed E-state index contributed by atoms with van der Waals surface area (Å²) in [5.41, 5.74) is 0. The maximum Gasteiger partial charge on any atom is 0.306 e. The van der Waals surface area contributed by atoms with Crippen molar-refractivity contribution in [3.63, 3.8) is 0 Å². The molecule has 0 radical (unpaired) electrons. The molecule has 0 aromatic heterocycles. The Balaban J connectivity index is 3.64. The number of ether oxygens (including phenoxy) is 2. The van der Waals surface area contributed by atoms with E-state index in [1.165, 1.54) is 77.0 Å². The molecule has 49 heavy (non-hydrogen) atoms. The summed E-state index contributed by atoms with van der Waals surface area (Å²) >= 11 is 0. The highest BCUT2D eigenvalue weighted by Crippen LogP contribution is 2.14. The van der Waals surface area contributed by atoms with E-state index >= 15 is 0 Å². The van der Waals surface area contributed by atoms with Gasteiger partial charge in [-0.05, 0) is 44.9 Å². The highest BCUT2D eigenvalue weighted by atomic mass is 16.6. The Morgan fingerprint density at radius 1 is 0.531 bits per heavy atom. The maximum atomic E-state index is 12.0. The molecule has 0 aliphatic carbocycles. The Labute approximate surface area is 300 Å². The average Bonchev–Trinajstić information content (AvgIpc) is 3.10. The van der Waals surface area contributed by atoms with Gasteiger partial charge in [0, 0.05) is 12.8 Å². The molecule has 2 N–H and O–H groups in total. The van der Waals surface area contributed by atoms with Gasteiger partial charge in [0.15, 0.2) is 0 Å². The second-order valence-electron chi connectivity index (χ2n) is 12.9. The lowest BCUT2D eigenvalue weighted by Crippen LogP contribution is -2.25. The first-order chi connectivity index (χ1) is 24.0. The van der Waals surface area contributed by atoms with Crippen LogP contribution in [0.5, 0.6) is 0 Å². The molecule has 2 atom stereocenters. The Hall–Kier alpha value is -2.70. The van der Waals surface area contributed by atoms with E-state index in [1.807, 2.05) is 36.5 Å². The van der Waals surface area contributed by atoms with Crippen LogP contribution in [0, 0.1) is 0 Å². The summed E-state index contributed by atoms with van der Waals surface area (Å²) in [6.07, 6.45) is 47.1. The van der Waals surface area contributed by atoms with Crippen LogP contribution in [0.4, 0.5) is 0 Å². The van der Waals surface area contributed by atoms with Crippen molar-refractivity contribution in [3.05, 3.63) is 72.9 Å². The van der Waals surface area contributed by atoms with Gasteiger partial charge in [0.2, 0.25) is 0 Å².